The molecule has 0 atom stereocenters. The molecule has 7 nitrogen and oxygen atoms in total. The van der Waals surface area contributed by atoms with E-state index in [0.29, 0.717) is 5.69 Å². The molecule has 14 heavy (non-hydrogen) atoms. The van der Waals surface area contributed by atoms with Crippen LogP contribution < -0.4 is 5.73 Å². The summed E-state index contributed by atoms with van der Waals surface area (Å²) in [6.45, 7) is 0. The maximum absolute atomic E-state index is 10.1. The van der Waals surface area contributed by atoms with Gasteiger partial charge in [-0.2, -0.15) is 0 Å². The first kappa shape index (κ1) is 12.6. The Hall–Kier alpha value is -1.43. The third-order valence-electron chi connectivity index (χ3n) is 1.10. The van der Waals surface area contributed by atoms with E-state index in [9.17, 15) is 10.1 Å². The molecule has 1 aromatic carbocycles. The normalized spacial score (nSPS) is 9.07. The topological polar surface area (TPSA) is 127 Å². The van der Waals surface area contributed by atoms with Gasteiger partial charge in [-0.3, -0.25) is 14.7 Å². The summed E-state index contributed by atoms with van der Waals surface area (Å²) < 4.78 is 8.74. The molecular formula is C6H9N2O5P. The van der Waals surface area contributed by atoms with E-state index >= 15 is 0 Å². The lowest BCUT2D eigenvalue weighted by molar-refractivity contribution is -0.384. The van der Waals surface area contributed by atoms with E-state index in [2.05, 4.69) is 0 Å². The largest absolute Gasteiger partial charge is 0.399 e. The second-order valence-electron chi connectivity index (χ2n) is 2.13. The van der Waals surface area contributed by atoms with Gasteiger partial charge in [-0.1, -0.05) is 0 Å². The summed E-state index contributed by atoms with van der Waals surface area (Å²) in [7, 11) is -3.13. The van der Waals surface area contributed by atoms with Gasteiger partial charge in [0.2, 0.25) is 0 Å². The molecule has 0 spiro atoms. The van der Waals surface area contributed by atoms with E-state index in [1.807, 2.05) is 0 Å². The molecule has 0 heterocycles. The molecule has 78 valence electrons. The van der Waals surface area contributed by atoms with Crippen LogP contribution in [0.1, 0.15) is 0 Å². The third-order valence-corrected chi connectivity index (χ3v) is 1.10. The Balaban J connectivity index is 0.000000364. The number of nitro groups is 1. The molecule has 0 aliphatic carbocycles. The van der Waals surface area contributed by atoms with Crippen LogP contribution in [0.15, 0.2) is 24.3 Å². The number of hydrogen-bond acceptors (Lipinski definition) is 4. The fraction of sp³-hybridized carbons (Fsp3) is 0. The van der Waals surface area contributed by atoms with Gasteiger partial charge in [0, 0.05) is 17.8 Å². The first-order valence-electron chi connectivity index (χ1n) is 3.35. The molecular weight excluding hydrogens is 211 g/mol. The lowest BCUT2D eigenvalue weighted by Gasteiger charge is -1.90. The lowest BCUT2D eigenvalue weighted by atomic mass is 10.3. The Labute approximate surface area is 79.9 Å². The van der Waals surface area contributed by atoms with Crippen LogP contribution >= 0.6 is 8.25 Å². The molecule has 4 N–H and O–H groups in total. The van der Waals surface area contributed by atoms with Crippen molar-refractivity contribution in [2.24, 2.45) is 0 Å². The Morgan fingerprint density at radius 3 is 1.93 bits per heavy atom. The van der Waals surface area contributed by atoms with Gasteiger partial charge >= 0.3 is 8.25 Å². The molecule has 0 radical (unpaired) electrons. The van der Waals surface area contributed by atoms with Crippen LogP contribution in [0, 0.1) is 10.1 Å². The minimum Gasteiger partial charge on any atom is -0.399 e. The van der Waals surface area contributed by atoms with Gasteiger partial charge in [0.15, 0.2) is 0 Å². The number of nitrogen functional groups attached to an aromatic ring is 1. The number of nitro benzene ring substituents is 1. The van der Waals surface area contributed by atoms with E-state index < -0.39 is 13.2 Å². The number of non-ortho nitro benzene ring substituents is 1. The maximum Gasteiger partial charge on any atom is 0.314 e. The smallest absolute Gasteiger partial charge is 0.314 e. The summed E-state index contributed by atoms with van der Waals surface area (Å²) in [5.74, 6) is 0. The molecule has 0 aromatic heterocycles. The summed E-state index contributed by atoms with van der Waals surface area (Å²) in [6, 6.07) is 5.74. The quantitative estimate of drug-likeness (QED) is 0.274. The van der Waals surface area contributed by atoms with E-state index in [1.54, 1.807) is 0 Å². The van der Waals surface area contributed by atoms with Gasteiger partial charge in [-0.25, -0.2) is 0 Å². The van der Waals surface area contributed by atoms with E-state index in [1.165, 1.54) is 24.3 Å². The highest BCUT2D eigenvalue weighted by Gasteiger charge is 2.00. The lowest BCUT2D eigenvalue weighted by Crippen LogP contribution is -1.88. The van der Waals surface area contributed by atoms with Crippen LogP contribution in [0.4, 0.5) is 11.4 Å². The third kappa shape index (κ3) is 6.13. The number of anilines is 1. The van der Waals surface area contributed by atoms with Gasteiger partial charge in [0.1, 0.15) is 0 Å². The zero-order valence-corrected chi connectivity index (χ0v) is 7.95. The first-order chi connectivity index (χ1) is 6.43. The molecule has 8 heteroatoms. The van der Waals surface area contributed by atoms with E-state index in [-0.39, 0.29) is 5.69 Å². The van der Waals surface area contributed by atoms with Crippen LogP contribution in [-0.4, -0.2) is 14.7 Å². The fourth-order valence-electron chi connectivity index (χ4n) is 0.596. The number of rotatable bonds is 1. The van der Waals surface area contributed by atoms with Crippen LogP contribution in [0.3, 0.4) is 0 Å². The Morgan fingerprint density at radius 1 is 1.29 bits per heavy atom. The van der Waals surface area contributed by atoms with Gasteiger partial charge in [0.05, 0.1) is 4.92 Å². The van der Waals surface area contributed by atoms with Crippen molar-refractivity contribution in [3.63, 3.8) is 0 Å². The second-order valence-corrected chi connectivity index (χ2v) is 2.70. The molecule has 0 fully saturated rings. The van der Waals surface area contributed by atoms with E-state index in [0.717, 1.165) is 0 Å². The van der Waals surface area contributed by atoms with Gasteiger partial charge in [-0.15, -0.1) is 0 Å². The zero-order valence-electron chi connectivity index (χ0n) is 6.95. The van der Waals surface area contributed by atoms with Crippen molar-refractivity contribution in [1.82, 2.24) is 0 Å². The van der Waals surface area contributed by atoms with Crippen LogP contribution in [0.5, 0.6) is 0 Å². The summed E-state index contributed by atoms with van der Waals surface area (Å²) in [4.78, 5) is 23.9. The summed E-state index contributed by atoms with van der Waals surface area (Å²) in [6.07, 6.45) is 0. The standard InChI is InChI=1S/C6H6N2O2.H3O3P/c7-5-1-3-6(4-2-5)8(9)10;1-4(2)3/h1-4H,7H2;4H,(H2,1,2,3). The monoisotopic (exact) mass is 220 g/mol. The Morgan fingerprint density at radius 2 is 1.64 bits per heavy atom. The highest BCUT2D eigenvalue weighted by Crippen LogP contribution is 2.11. The van der Waals surface area contributed by atoms with Crippen molar-refractivity contribution in [1.29, 1.82) is 0 Å². The average Bonchev–Trinajstić information content (AvgIpc) is 2.03. The fourth-order valence-corrected chi connectivity index (χ4v) is 0.596. The van der Waals surface area contributed by atoms with Crippen molar-refractivity contribution in [2.75, 3.05) is 5.73 Å². The molecule has 0 saturated heterocycles. The van der Waals surface area contributed by atoms with Crippen LogP contribution in [-0.2, 0) is 4.57 Å². The van der Waals surface area contributed by atoms with Crippen molar-refractivity contribution in [3.05, 3.63) is 34.4 Å². The zero-order chi connectivity index (χ0) is 11.1. The molecule has 1 aromatic rings. The molecule has 1 rings (SSSR count). The summed E-state index contributed by atoms with van der Waals surface area (Å²) in [5.41, 5.74) is 5.90. The molecule has 0 amide bonds. The Bertz CT molecular complexity index is 321. The first-order valence-corrected chi connectivity index (χ1v) is 4.65. The molecule has 0 aliphatic rings. The van der Waals surface area contributed by atoms with Crippen LogP contribution in [0.2, 0.25) is 0 Å². The number of hydrogen-bond donors (Lipinski definition) is 3. The SMILES string of the molecule is Nc1ccc([N+](=O)[O-])cc1.O=[PH](O)O. The van der Waals surface area contributed by atoms with Gasteiger partial charge in [0.25, 0.3) is 5.69 Å². The highest BCUT2D eigenvalue weighted by atomic mass is 31.1. The number of nitrogens with zero attached hydrogens (tertiary/aromatic N) is 1. The molecule has 0 aliphatic heterocycles. The highest BCUT2D eigenvalue weighted by molar-refractivity contribution is 7.30. The second kappa shape index (κ2) is 6.09. The number of nitrogens with two attached hydrogens (primary N) is 1. The van der Waals surface area contributed by atoms with Gasteiger partial charge < -0.3 is 15.5 Å². The molecule has 0 unspecified atom stereocenters. The summed E-state index contributed by atoms with van der Waals surface area (Å²) in [5, 5.41) is 10.1. The summed E-state index contributed by atoms with van der Waals surface area (Å²) >= 11 is 0. The van der Waals surface area contributed by atoms with Gasteiger partial charge in [-0.05, 0) is 12.1 Å². The van der Waals surface area contributed by atoms with Crippen molar-refractivity contribution >= 4 is 19.6 Å². The minimum absolute atomic E-state index is 0.0641. The average molecular weight is 220 g/mol. The predicted octanol–water partition coefficient (Wildman–Crippen LogP) is 0.538. The minimum atomic E-state index is -3.13. The van der Waals surface area contributed by atoms with Crippen molar-refractivity contribution < 1.29 is 19.3 Å². The molecule has 0 saturated carbocycles. The predicted molar refractivity (Wildman–Crippen MR) is 50.9 cm³/mol. The number of benzene rings is 1. The van der Waals surface area contributed by atoms with E-state index in [4.69, 9.17) is 20.1 Å². The van der Waals surface area contributed by atoms with Crippen molar-refractivity contribution in [3.8, 4) is 0 Å². The molecule has 0 bridgehead atoms. The van der Waals surface area contributed by atoms with Crippen LogP contribution in [0.25, 0.3) is 0 Å². The maximum atomic E-state index is 10.1. The Kier molecular flexibility index (Phi) is 5.47. The van der Waals surface area contributed by atoms with Crippen molar-refractivity contribution in [2.45, 2.75) is 0 Å².